The predicted octanol–water partition coefficient (Wildman–Crippen LogP) is 9.26. The first-order valence-corrected chi connectivity index (χ1v) is 19.6. The SMILES string of the molecule is c1ccc(-n2ccc3ccc4ccc5c(c6ccccc6n5-c5ccc([Si](c6ccccc6)(c6ccccc6)c6ccccc6)cc5)c4c32)cc1. The first kappa shape index (κ1) is 29.5. The van der Waals surface area contributed by atoms with Crippen LogP contribution in [-0.2, 0) is 0 Å². The lowest BCUT2D eigenvalue weighted by atomic mass is 10.0. The van der Waals surface area contributed by atoms with Gasteiger partial charge in [0.15, 0.2) is 8.07 Å². The molecule has 0 saturated carbocycles. The molecule has 8 aromatic carbocycles. The molecule has 0 fully saturated rings. The van der Waals surface area contributed by atoms with E-state index >= 15 is 0 Å². The summed E-state index contributed by atoms with van der Waals surface area (Å²) in [6.07, 6.45) is 2.21. The summed E-state index contributed by atoms with van der Waals surface area (Å²) in [6.45, 7) is 0. The Labute approximate surface area is 298 Å². The minimum atomic E-state index is -2.62. The van der Waals surface area contributed by atoms with E-state index in [0.29, 0.717) is 0 Å². The van der Waals surface area contributed by atoms with Crippen LogP contribution >= 0.6 is 0 Å². The smallest absolute Gasteiger partial charge is 0.179 e. The van der Waals surface area contributed by atoms with Gasteiger partial charge in [-0.05, 0) is 68.6 Å². The fourth-order valence-corrected chi connectivity index (χ4v) is 13.2. The summed E-state index contributed by atoms with van der Waals surface area (Å²) >= 11 is 0. The molecule has 0 bridgehead atoms. The molecule has 0 spiro atoms. The Hall–Kier alpha value is -6.42. The summed E-state index contributed by atoms with van der Waals surface area (Å²) in [7, 11) is -2.62. The van der Waals surface area contributed by atoms with Crippen molar-refractivity contribution >= 4 is 72.3 Å². The van der Waals surface area contributed by atoms with Gasteiger partial charge in [-0.1, -0.05) is 158 Å². The Kier molecular flexibility index (Phi) is 6.86. The molecule has 2 aromatic heterocycles. The maximum atomic E-state index is 2.46. The van der Waals surface area contributed by atoms with Crippen molar-refractivity contribution in [2.45, 2.75) is 0 Å². The molecule has 0 aliphatic rings. The molecule has 240 valence electrons. The monoisotopic (exact) mass is 666 g/mol. The number of nitrogens with zero attached hydrogens (tertiary/aromatic N) is 2. The summed E-state index contributed by atoms with van der Waals surface area (Å²) in [5.41, 5.74) is 5.99. The molecule has 0 radical (unpaired) electrons. The molecule has 3 heteroatoms. The summed E-state index contributed by atoms with van der Waals surface area (Å²) < 4.78 is 4.80. The average molecular weight is 667 g/mol. The van der Waals surface area contributed by atoms with Crippen LogP contribution < -0.4 is 20.7 Å². The first-order valence-electron chi connectivity index (χ1n) is 17.6. The Morgan fingerprint density at radius 2 is 0.843 bits per heavy atom. The van der Waals surface area contributed by atoms with E-state index in [0.717, 1.165) is 5.69 Å². The Balaban J connectivity index is 1.24. The molecule has 0 atom stereocenters. The van der Waals surface area contributed by atoms with Crippen molar-refractivity contribution in [2.24, 2.45) is 0 Å². The maximum absolute atomic E-state index is 2.62. The van der Waals surface area contributed by atoms with E-state index in [4.69, 9.17) is 0 Å². The maximum Gasteiger partial charge on any atom is 0.179 e. The van der Waals surface area contributed by atoms with Crippen LogP contribution in [0.25, 0.3) is 54.9 Å². The van der Waals surface area contributed by atoms with E-state index in [1.165, 1.54) is 69.9 Å². The van der Waals surface area contributed by atoms with Crippen LogP contribution in [0.1, 0.15) is 0 Å². The standard InChI is InChI=1S/C48H34N2Si/c1-5-15-37(16-6-1)49-34-33-36-26-25-35-27-32-45-47(46(35)48(36)49)43-23-13-14-24-44(43)50(45)38-28-30-42(31-29-38)51(39-17-7-2-8-18-39,40-19-9-3-10-20-40)41-21-11-4-12-22-41/h1-34H. The predicted molar refractivity (Wildman–Crippen MR) is 219 cm³/mol. The van der Waals surface area contributed by atoms with Crippen LogP contribution in [0.2, 0.25) is 0 Å². The lowest BCUT2D eigenvalue weighted by Crippen LogP contribution is -2.74. The van der Waals surface area contributed by atoms with Crippen molar-refractivity contribution < 1.29 is 0 Å². The van der Waals surface area contributed by atoms with Crippen molar-refractivity contribution in [3.05, 3.63) is 206 Å². The molecular formula is C48H34N2Si. The van der Waals surface area contributed by atoms with Gasteiger partial charge in [0.2, 0.25) is 0 Å². The van der Waals surface area contributed by atoms with E-state index in [9.17, 15) is 0 Å². The molecule has 0 N–H and O–H groups in total. The highest BCUT2D eigenvalue weighted by Gasteiger charge is 2.41. The summed E-state index contributed by atoms with van der Waals surface area (Å²) in [5.74, 6) is 0. The van der Waals surface area contributed by atoms with Crippen LogP contribution in [0.5, 0.6) is 0 Å². The molecule has 51 heavy (non-hydrogen) atoms. The molecule has 10 rings (SSSR count). The minimum absolute atomic E-state index is 1.16. The van der Waals surface area contributed by atoms with Crippen LogP contribution in [0, 0.1) is 0 Å². The summed E-state index contributed by atoms with van der Waals surface area (Å²) in [5, 5.41) is 11.8. The average Bonchev–Trinajstić information content (AvgIpc) is 3.80. The van der Waals surface area contributed by atoms with Crippen LogP contribution in [0.4, 0.5) is 0 Å². The van der Waals surface area contributed by atoms with Crippen molar-refractivity contribution in [3.63, 3.8) is 0 Å². The van der Waals surface area contributed by atoms with Gasteiger partial charge in [0.1, 0.15) is 0 Å². The Morgan fingerprint density at radius 3 is 1.47 bits per heavy atom. The number of rotatable bonds is 6. The largest absolute Gasteiger partial charge is 0.316 e. The zero-order chi connectivity index (χ0) is 33.8. The van der Waals surface area contributed by atoms with Gasteiger partial charge in [-0.25, -0.2) is 0 Å². The summed E-state index contributed by atoms with van der Waals surface area (Å²) in [4.78, 5) is 0. The lowest BCUT2D eigenvalue weighted by molar-refractivity contribution is 1.13. The van der Waals surface area contributed by atoms with E-state index < -0.39 is 8.07 Å². The molecule has 0 unspecified atom stereocenters. The van der Waals surface area contributed by atoms with E-state index in [1.807, 2.05) is 0 Å². The van der Waals surface area contributed by atoms with Gasteiger partial charge in [0.05, 0.1) is 16.6 Å². The molecule has 2 nitrogen and oxygen atoms in total. The molecule has 0 aliphatic heterocycles. The topological polar surface area (TPSA) is 9.86 Å². The van der Waals surface area contributed by atoms with Crippen molar-refractivity contribution in [2.75, 3.05) is 0 Å². The number of fused-ring (bicyclic) bond motifs is 7. The van der Waals surface area contributed by atoms with Gasteiger partial charge in [0, 0.05) is 39.1 Å². The van der Waals surface area contributed by atoms with Crippen LogP contribution in [-0.4, -0.2) is 17.2 Å². The second-order valence-corrected chi connectivity index (χ2v) is 17.1. The van der Waals surface area contributed by atoms with Gasteiger partial charge in [-0.2, -0.15) is 0 Å². The third kappa shape index (κ3) is 4.49. The van der Waals surface area contributed by atoms with Crippen molar-refractivity contribution in [1.29, 1.82) is 0 Å². The fraction of sp³-hybridized carbons (Fsp3) is 0. The quantitative estimate of drug-likeness (QED) is 0.124. The highest BCUT2D eigenvalue weighted by atomic mass is 28.3. The van der Waals surface area contributed by atoms with Crippen molar-refractivity contribution in [3.8, 4) is 11.4 Å². The van der Waals surface area contributed by atoms with E-state index in [-0.39, 0.29) is 0 Å². The van der Waals surface area contributed by atoms with Gasteiger partial charge in [0.25, 0.3) is 0 Å². The lowest BCUT2D eigenvalue weighted by Gasteiger charge is -2.34. The molecule has 0 saturated heterocycles. The molecule has 0 amide bonds. The van der Waals surface area contributed by atoms with Gasteiger partial charge >= 0.3 is 0 Å². The Morgan fingerprint density at radius 1 is 0.333 bits per heavy atom. The molecular weight excluding hydrogens is 633 g/mol. The first-order chi connectivity index (χ1) is 25.3. The van der Waals surface area contributed by atoms with E-state index in [2.05, 4.69) is 216 Å². The second-order valence-electron chi connectivity index (χ2n) is 13.3. The van der Waals surface area contributed by atoms with Crippen LogP contribution in [0.3, 0.4) is 0 Å². The molecule has 0 aliphatic carbocycles. The third-order valence-electron chi connectivity index (χ3n) is 10.7. The van der Waals surface area contributed by atoms with Crippen LogP contribution in [0.15, 0.2) is 206 Å². The second kappa shape index (κ2) is 11.9. The molecule has 2 heterocycles. The van der Waals surface area contributed by atoms with Gasteiger partial charge in [-0.15, -0.1) is 0 Å². The van der Waals surface area contributed by atoms with Crippen molar-refractivity contribution in [1.82, 2.24) is 9.13 Å². The normalized spacial score (nSPS) is 11.9. The fourth-order valence-electron chi connectivity index (χ4n) is 8.50. The highest BCUT2D eigenvalue weighted by molar-refractivity contribution is 7.19. The Bertz CT molecular complexity index is 2720. The van der Waals surface area contributed by atoms with Gasteiger partial charge < -0.3 is 9.13 Å². The highest BCUT2D eigenvalue weighted by Crippen LogP contribution is 2.40. The summed E-state index contributed by atoms with van der Waals surface area (Å²) in [6, 6.07) is 73.8. The van der Waals surface area contributed by atoms with Gasteiger partial charge in [-0.3, -0.25) is 0 Å². The third-order valence-corrected chi connectivity index (χ3v) is 15.5. The number of benzene rings is 8. The number of hydrogen-bond donors (Lipinski definition) is 0. The minimum Gasteiger partial charge on any atom is -0.316 e. The number of hydrogen-bond acceptors (Lipinski definition) is 0. The zero-order valence-corrected chi connectivity index (χ0v) is 29.0. The van der Waals surface area contributed by atoms with E-state index in [1.54, 1.807) is 0 Å². The number of para-hydroxylation sites is 2. The number of aromatic nitrogens is 2. The zero-order valence-electron chi connectivity index (χ0n) is 28.0. The molecule has 10 aromatic rings.